The van der Waals surface area contributed by atoms with Crippen molar-refractivity contribution in [2.45, 2.75) is 19.1 Å². The first-order chi connectivity index (χ1) is 7.97. The van der Waals surface area contributed by atoms with Crippen LogP contribution in [0.3, 0.4) is 0 Å². The first-order valence-corrected chi connectivity index (χ1v) is 5.20. The van der Waals surface area contributed by atoms with Gasteiger partial charge in [0.1, 0.15) is 11.7 Å². The van der Waals surface area contributed by atoms with Gasteiger partial charge in [0.2, 0.25) is 0 Å². The molecule has 3 atom stereocenters. The van der Waals surface area contributed by atoms with E-state index in [9.17, 15) is 15.0 Å². The third-order valence-corrected chi connectivity index (χ3v) is 2.60. The molecule has 0 heterocycles. The van der Waals surface area contributed by atoms with Crippen molar-refractivity contribution in [1.82, 2.24) is 0 Å². The quantitative estimate of drug-likeness (QED) is 0.709. The van der Waals surface area contributed by atoms with Crippen LogP contribution in [0.4, 0.5) is 0 Å². The van der Waals surface area contributed by atoms with E-state index in [1.54, 1.807) is 24.3 Å². The zero-order valence-electron chi connectivity index (χ0n) is 9.70. The van der Waals surface area contributed by atoms with Crippen molar-refractivity contribution >= 4 is 5.97 Å². The molecule has 1 aromatic carbocycles. The number of aliphatic hydroxyl groups excluding tert-OH is 2. The fourth-order valence-electron chi connectivity index (χ4n) is 1.61. The molecule has 0 amide bonds. The topological polar surface area (TPSA) is 87.0 Å². The molecule has 0 unspecified atom stereocenters. The summed E-state index contributed by atoms with van der Waals surface area (Å²) >= 11 is 0. The number of aliphatic carboxylic acids is 1. The number of ether oxygens (including phenoxy) is 1. The van der Waals surface area contributed by atoms with E-state index in [1.807, 2.05) is 0 Å². The monoisotopic (exact) mass is 240 g/mol. The van der Waals surface area contributed by atoms with Gasteiger partial charge >= 0.3 is 5.97 Å². The van der Waals surface area contributed by atoms with Crippen LogP contribution in [-0.2, 0) is 4.79 Å². The summed E-state index contributed by atoms with van der Waals surface area (Å²) in [7, 11) is 1.52. The zero-order valence-corrected chi connectivity index (χ0v) is 9.70. The van der Waals surface area contributed by atoms with Crippen molar-refractivity contribution < 1.29 is 24.9 Å². The molecule has 0 saturated carbocycles. The molecule has 1 rings (SSSR count). The van der Waals surface area contributed by atoms with Gasteiger partial charge in [-0.3, -0.25) is 4.79 Å². The molecule has 5 heteroatoms. The van der Waals surface area contributed by atoms with E-state index < -0.39 is 24.1 Å². The van der Waals surface area contributed by atoms with Gasteiger partial charge in [-0.25, -0.2) is 0 Å². The highest BCUT2D eigenvalue weighted by molar-refractivity contribution is 5.71. The van der Waals surface area contributed by atoms with E-state index in [4.69, 9.17) is 9.84 Å². The Morgan fingerprint density at radius 3 is 2.12 bits per heavy atom. The number of carboxylic acid groups (broad SMARTS) is 1. The average molecular weight is 240 g/mol. The number of hydrogen-bond donors (Lipinski definition) is 3. The van der Waals surface area contributed by atoms with E-state index in [2.05, 4.69) is 0 Å². The van der Waals surface area contributed by atoms with Crippen molar-refractivity contribution in [2.24, 2.45) is 5.92 Å². The Kier molecular flexibility index (Phi) is 4.48. The standard InChI is InChI=1S/C12H16O5/c1-7(13)10(12(15)16)11(14)8-3-5-9(17-2)6-4-8/h3-7,10-11,13-14H,1-2H3,(H,15,16)/t7-,10+,11-/m1/s1. The molecular weight excluding hydrogens is 224 g/mol. The van der Waals surface area contributed by atoms with E-state index in [0.717, 1.165) is 0 Å². The van der Waals surface area contributed by atoms with E-state index in [1.165, 1.54) is 14.0 Å². The third-order valence-electron chi connectivity index (χ3n) is 2.60. The molecular formula is C12H16O5. The van der Waals surface area contributed by atoms with Gasteiger partial charge < -0.3 is 20.1 Å². The maximum Gasteiger partial charge on any atom is 0.312 e. The molecule has 3 N–H and O–H groups in total. The fraction of sp³-hybridized carbons (Fsp3) is 0.417. The molecule has 94 valence electrons. The Balaban J connectivity index is 2.93. The Morgan fingerprint density at radius 2 is 1.76 bits per heavy atom. The number of rotatable bonds is 5. The number of carboxylic acids is 1. The number of methoxy groups -OCH3 is 1. The highest BCUT2D eigenvalue weighted by Gasteiger charge is 2.32. The summed E-state index contributed by atoms with van der Waals surface area (Å²) < 4.78 is 4.96. The van der Waals surface area contributed by atoms with Gasteiger partial charge in [-0.2, -0.15) is 0 Å². The van der Waals surface area contributed by atoms with Crippen LogP contribution in [0.1, 0.15) is 18.6 Å². The van der Waals surface area contributed by atoms with Gasteiger partial charge in [-0.15, -0.1) is 0 Å². The van der Waals surface area contributed by atoms with Gasteiger partial charge in [-0.05, 0) is 24.6 Å². The highest BCUT2D eigenvalue weighted by Crippen LogP contribution is 2.26. The second kappa shape index (κ2) is 5.65. The Morgan fingerprint density at radius 1 is 1.24 bits per heavy atom. The largest absolute Gasteiger partial charge is 0.497 e. The Bertz CT molecular complexity index is 371. The van der Waals surface area contributed by atoms with Crippen molar-refractivity contribution in [3.05, 3.63) is 29.8 Å². The fourth-order valence-corrected chi connectivity index (χ4v) is 1.61. The molecule has 0 saturated heterocycles. The molecule has 1 aromatic rings. The van der Waals surface area contributed by atoms with Gasteiger partial charge in [0.25, 0.3) is 0 Å². The van der Waals surface area contributed by atoms with Crippen LogP contribution in [0.15, 0.2) is 24.3 Å². The van der Waals surface area contributed by atoms with Crippen LogP contribution in [-0.4, -0.2) is 34.5 Å². The van der Waals surface area contributed by atoms with Crippen LogP contribution in [0.2, 0.25) is 0 Å². The first kappa shape index (κ1) is 13.5. The summed E-state index contributed by atoms with van der Waals surface area (Å²) in [5.74, 6) is -1.86. The summed E-state index contributed by atoms with van der Waals surface area (Å²) in [6.45, 7) is 1.34. The lowest BCUT2D eigenvalue weighted by Gasteiger charge is -2.21. The average Bonchev–Trinajstić information content (AvgIpc) is 2.28. The minimum absolute atomic E-state index is 0.430. The van der Waals surface area contributed by atoms with Crippen LogP contribution in [0.5, 0.6) is 5.75 Å². The third kappa shape index (κ3) is 3.18. The van der Waals surface area contributed by atoms with Gasteiger partial charge in [0.15, 0.2) is 0 Å². The predicted molar refractivity (Wildman–Crippen MR) is 60.8 cm³/mol. The number of benzene rings is 1. The van der Waals surface area contributed by atoms with Crippen LogP contribution in [0.25, 0.3) is 0 Å². The molecule has 0 aliphatic heterocycles. The van der Waals surface area contributed by atoms with Gasteiger partial charge in [-0.1, -0.05) is 12.1 Å². The normalized spacial score (nSPS) is 16.0. The smallest absolute Gasteiger partial charge is 0.312 e. The Hall–Kier alpha value is -1.59. The van der Waals surface area contributed by atoms with E-state index in [-0.39, 0.29) is 0 Å². The van der Waals surface area contributed by atoms with Crippen LogP contribution < -0.4 is 4.74 Å². The number of carbonyl (C=O) groups is 1. The van der Waals surface area contributed by atoms with Crippen molar-refractivity contribution in [3.8, 4) is 5.75 Å². The maximum atomic E-state index is 10.9. The zero-order chi connectivity index (χ0) is 13.0. The van der Waals surface area contributed by atoms with Crippen molar-refractivity contribution in [2.75, 3.05) is 7.11 Å². The number of aliphatic hydroxyl groups is 2. The second-order valence-electron chi connectivity index (χ2n) is 3.82. The van der Waals surface area contributed by atoms with Crippen molar-refractivity contribution in [1.29, 1.82) is 0 Å². The van der Waals surface area contributed by atoms with Gasteiger partial charge in [0, 0.05) is 0 Å². The molecule has 0 aromatic heterocycles. The van der Waals surface area contributed by atoms with Crippen LogP contribution in [0, 0.1) is 5.92 Å². The molecule has 0 fully saturated rings. The molecule has 0 aliphatic carbocycles. The van der Waals surface area contributed by atoms with E-state index in [0.29, 0.717) is 11.3 Å². The predicted octanol–water partition coefficient (Wildman–Crippen LogP) is 0.810. The second-order valence-corrected chi connectivity index (χ2v) is 3.82. The Labute approximate surface area is 99.3 Å². The first-order valence-electron chi connectivity index (χ1n) is 5.20. The van der Waals surface area contributed by atoms with Crippen LogP contribution >= 0.6 is 0 Å². The molecule has 17 heavy (non-hydrogen) atoms. The summed E-state index contributed by atoms with van der Waals surface area (Å²) in [6, 6.07) is 6.39. The summed E-state index contributed by atoms with van der Waals surface area (Å²) in [5, 5.41) is 28.2. The van der Waals surface area contributed by atoms with Gasteiger partial charge in [0.05, 0.1) is 19.3 Å². The lowest BCUT2D eigenvalue weighted by atomic mass is 9.91. The van der Waals surface area contributed by atoms with E-state index >= 15 is 0 Å². The lowest BCUT2D eigenvalue weighted by molar-refractivity contribution is -0.151. The minimum atomic E-state index is -1.25. The highest BCUT2D eigenvalue weighted by atomic mass is 16.5. The molecule has 0 radical (unpaired) electrons. The van der Waals surface area contributed by atoms with Crippen molar-refractivity contribution in [3.63, 3.8) is 0 Å². The summed E-state index contributed by atoms with van der Waals surface area (Å²) in [6.07, 6.45) is -2.39. The maximum absolute atomic E-state index is 10.9. The minimum Gasteiger partial charge on any atom is -0.497 e. The molecule has 5 nitrogen and oxygen atoms in total. The molecule has 0 spiro atoms. The molecule has 0 bridgehead atoms. The lowest BCUT2D eigenvalue weighted by Crippen LogP contribution is -2.31. The summed E-state index contributed by atoms with van der Waals surface area (Å²) in [4.78, 5) is 10.9. The number of hydrogen-bond acceptors (Lipinski definition) is 4. The summed E-state index contributed by atoms with van der Waals surface area (Å²) in [5.41, 5.74) is 0.430. The molecule has 0 aliphatic rings. The SMILES string of the molecule is COc1ccc([C@@H](O)[C@@H](C(=O)O)[C@@H](C)O)cc1.